The number of para-hydroxylation sites is 1. The molecule has 8 heteroatoms. The minimum Gasteiger partial charge on any atom is -0.480 e. The van der Waals surface area contributed by atoms with Crippen molar-refractivity contribution >= 4 is 34.9 Å². The van der Waals surface area contributed by atoms with Crippen molar-refractivity contribution in [1.82, 2.24) is 4.90 Å². The molecule has 0 bridgehead atoms. The molecular weight excluding hydrogens is 406 g/mol. The molecule has 160 valence electrons. The zero-order valence-electron chi connectivity index (χ0n) is 17.0. The normalized spacial score (nSPS) is 14.3. The summed E-state index contributed by atoms with van der Waals surface area (Å²) in [5, 5.41) is 3.12. The SMILES string of the molecule is CCN1CCN(c2ccc(NC(=O)COC(=O)COc3ccccc3Cl)cc2)CC1. The lowest BCUT2D eigenvalue weighted by molar-refractivity contribution is -0.149. The summed E-state index contributed by atoms with van der Waals surface area (Å²) >= 11 is 5.95. The lowest BCUT2D eigenvalue weighted by atomic mass is 10.2. The Labute approximate surface area is 181 Å². The van der Waals surface area contributed by atoms with Crippen molar-refractivity contribution in [1.29, 1.82) is 0 Å². The first-order valence-electron chi connectivity index (χ1n) is 9.95. The van der Waals surface area contributed by atoms with Gasteiger partial charge in [-0.2, -0.15) is 0 Å². The van der Waals surface area contributed by atoms with Gasteiger partial charge in [0.05, 0.1) is 5.02 Å². The first-order chi connectivity index (χ1) is 14.5. The number of amides is 1. The summed E-state index contributed by atoms with van der Waals surface area (Å²) in [7, 11) is 0. The third-order valence-corrected chi connectivity index (χ3v) is 5.19. The Morgan fingerprint density at radius 3 is 2.37 bits per heavy atom. The quantitative estimate of drug-likeness (QED) is 0.648. The fourth-order valence-corrected chi connectivity index (χ4v) is 3.35. The zero-order valence-corrected chi connectivity index (χ0v) is 17.7. The highest BCUT2D eigenvalue weighted by atomic mass is 35.5. The van der Waals surface area contributed by atoms with E-state index in [0.717, 1.165) is 38.4 Å². The van der Waals surface area contributed by atoms with E-state index in [1.807, 2.05) is 24.3 Å². The monoisotopic (exact) mass is 431 g/mol. The predicted molar refractivity (Wildman–Crippen MR) is 117 cm³/mol. The molecule has 0 atom stereocenters. The molecular formula is C22H26ClN3O4. The van der Waals surface area contributed by atoms with Crippen LogP contribution in [0.2, 0.25) is 5.02 Å². The first kappa shape index (κ1) is 21.9. The summed E-state index contributed by atoms with van der Waals surface area (Å²) in [6.45, 7) is 6.65. The topological polar surface area (TPSA) is 71.1 Å². The molecule has 1 amide bonds. The van der Waals surface area contributed by atoms with Crippen molar-refractivity contribution in [2.75, 3.05) is 56.2 Å². The summed E-state index contributed by atoms with van der Waals surface area (Å²) in [4.78, 5) is 28.6. The largest absolute Gasteiger partial charge is 0.480 e. The number of ether oxygens (including phenoxy) is 2. The molecule has 1 saturated heterocycles. The molecule has 1 heterocycles. The molecule has 1 aliphatic rings. The van der Waals surface area contributed by atoms with E-state index in [-0.39, 0.29) is 13.2 Å². The maximum Gasteiger partial charge on any atom is 0.344 e. The number of piperazine rings is 1. The van der Waals surface area contributed by atoms with E-state index in [0.29, 0.717) is 16.5 Å². The van der Waals surface area contributed by atoms with Crippen LogP contribution >= 0.6 is 11.6 Å². The van der Waals surface area contributed by atoms with E-state index < -0.39 is 11.9 Å². The van der Waals surface area contributed by atoms with Crippen LogP contribution in [0.15, 0.2) is 48.5 Å². The molecule has 0 unspecified atom stereocenters. The Morgan fingerprint density at radius 2 is 1.70 bits per heavy atom. The molecule has 3 rings (SSSR count). The van der Waals surface area contributed by atoms with Gasteiger partial charge >= 0.3 is 5.97 Å². The van der Waals surface area contributed by atoms with E-state index in [4.69, 9.17) is 21.1 Å². The highest BCUT2D eigenvalue weighted by Gasteiger charge is 2.16. The minimum absolute atomic E-state index is 0.322. The van der Waals surface area contributed by atoms with Gasteiger partial charge in [-0.05, 0) is 42.9 Å². The van der Waals surface area contributed by atoms with E-state index in [1.165, 1.54) is 0 Å². The van der Waals surface area contributed by atoms with Gasteiger partial charge in [0.25, 0.3) is 5.91 Å². The van der Waals surface area contributed by atoms with E-state index in [9.17, 15) is 9.59 Å². The van der Waals surface area contributed by atoms with Gasteiger partial charge in [0.15, 0.2) is 13.2 Å². The summed E-state index contributed by atoms with van der Waals surface area (Å²) < 4.78 is 10.2. The predicted octanol–water partition coefficient (Wildman–Crippen LogP) is 3.04. The van der Waals surface area contributed by atoms with E-state index in [2.05, 4.69) is 22.0 Å². The zero-order chi connectivity index (χ0) is 21.3. The number of anilines is 2. The fraction of sp³-hybridized carbons (Fsp3) is 0.364. The van der Waals surface area contributed by atoms with Crippen molar-refractivity contribution in [3.05, 3.63) is 53.6 Å². The number of carbonyl (C=O) groups is 2. The smallest absolute Gasteiger partial charge is 0.344 e. The molecule has 0 spiro atoms. The first-order valence-corrected chi connectivity index (χ1v) is 10.3. The standard InChI is InChI=1S/C22H26ClN3O4/c1-2-25-11-13-26(14-12-25)18-9-7-17(8-10-18)24-21(27)15-30-22(28)16-29-20-6-4-3-5-19(20)23/h3-10H,2,11-16H2,1H3,(H,24,27). The Balaban J connectivity index is 1.39. The maximum atomic E-state index is 12.0. The Hall–Kier alpha value is -2.77. The second-order valence-corrected chi connectivity index (χ2v) is 7.30. The van der Waals surface area contributed by atoms with E-state index >= 15 is 0 Å². The minimum atomic E-state index is -0.647. The van der Waals surface area contributed by atoms with Crippen molar-refractivity contribution in [2.24, 2.45) is 0 Å². The number of esters is 1. The molecule has 0 aliphatic carbocycles. The molecule has 0 radical (unpaired) electrons. The lowest BCUT2D eigenvalue weighted by Gasteiger charge is -2.35. The number of hydrogen-bond acceptors (Lipinski definition) is 6. The van der Waals surface area contributed by atoms with Crippen LogP contribution in [0.1, 0.15) is 6.92 Å². The number of hydrogen-bond donors (Lipinski definition) is 1. The number of rotatable bonds is 8. The van der Waals surface area contributed by atoms with Crippen LogP contribution in [0.3, 0.4) is 0 Å². The lowest BCUT2D eigenvalue weighted by Crippen LogP contribution is -2.46. The summed E-state index contributed by atoms with van der Waals surface area (Å²) in [5.74, 6) is -0.672. The van der Waals surface area contributed by atoms with Crippen molar-refractivity contribution in [2.45, 2.75) is 6.92 Å². The van der Waals surface area contributed by atoms with Crippen LogP contribution in [0.4, 0.5) is 11.4 Å². The molecule has 0 saturated carbocycles. The number of carbonyl (C=O) groups excluding carboxylic acids is 2. The Kier molecular flexibility index (Phi) is 7.93. The van der Waals surface area contributed by atoms with Gasteiger partial charge in [-0.1, -0.05) is 30.7 Å². The van der Waals surface area contributed by atoms with Crippen LogP contribution in [0.5, 0.6) is 5.75 Å². The van der Waals surface area contributed by atoms with Gasteiger partial charge in [-0.15, -0.1) is 0 Å². The molecule has 1 fully saturated rings. The molecule has 2 aromatic carbocycles. The summed E-state index contributed by atoms with van der Waals surface area (Å²) in [6, 6.07) is 14.5. The third kappa shape index (κ3) is 6.37. The van der Waals surface area contributed by atoms with Crippen molar-refractivity contribution in [3.63, 3.8) is 0 Å². The van der Waals surface area contributed by atoms with E-state index in [1.54, 1.807) is 24.3 Å². The van der Waals surface area contributed by atoms with Gasteiger partial charge in [0, 0.05) is 37.6 Å². The molecule has 1 N–H and O–H groups in total. The number of benzene rings is 2. The fourth-order valence-electron chi connectivity index (χ4n) is 3.16. The maximum absolute atomic E-state index is 12.0. The average molecular weight is 432 g/mol. The summed E-state index contributed by atoms with van der Waals surface area (Å²) in [6.07, 6.45) is 0. The molecule has 7 nitrogen and oxygen atoms in total. The second-order valence-electron chi connectivity index (χ2n) is 6.90. The number of halogens is 1. The van der Waals surface area contributed by atoms with Gasteiger partial charge in [0.1, 0.15) is 5.75 Å². The highest BCUT2D eigenvalue weighted by Crippen LogP contribution is 2.23. The van der Waals surface area contributed by atoms with Crippen LogP contribution in [0.25, 0.3) is 0 Å². The van der Waals surface area contributed by atoms with Crippen LogP contribution < -0.4 is 15.0 Å². The molecule has 2 aromatic rings. The van der Waals surface area contributed by atoms with Gasteiger partial charge in [-0.25, -0.2) is 4.79 Å². The molecule has 1 aliphatic heterocycles. The van der Waals surface area contributed by atoms with Crippen LogP contribution in [0, 0.1) is 0 Å². The van der Waals surface area contributed by atoms with Gasteiger partial charge in [-0.3, -0.25) is 4.79 Å². The number of likely N-dealkylation sites (N-methyl/N-ethyl adjacent to an activating group) is 1. The number of nitrogens with zero attached hydrogens (tertiary/aromatic N) is 2. The Morgan fingerprint density at radius 1 is 1.00 bits per heavy atom. The average Bonchev–Trinajstić information content (AvgIpc) is 2.78. The van der Waals surface area contributed by atoms with Gasteiger partial charge < -0.3 is 24.6 Å². The summed E-state index contributed by atoms with van der Waals surface area (Å²) in [5.41, 5.74) is 1.78. The second kappa shape index (κ2) is 10.8. The van der Waals surface area contributed by atoms with Crippen LogP contribution in [-0.4, -0.2) is 62.7 Å². The molecule has 0 aromatic heterocycles. The highest BCUT2D eigenvalue weighted by molar-refractivity contribution is 6.32. The Bertz CT molecular complexity index is 852. The third-order valence-electron chi connectivity index (χ3n) is 4.88. The van der Waals surface area contributed by atoms with Crippen LogP contribution in [-0.2, 0) is 14.3 Å². The van der Waals surface area contributed by atoms with Crippen molar-refractivity contribution < 1.29 is 19.1 Å². The molecule has 30 heavy (non-hydrogen) atoms. The number of nitrogens with one attached hydrogen (secondary N) is 1. The van der Waals surface area contributed by atoms with Gasteiger partial charge in [0.2, 0.25) is 0 Å². The van der Waals surface area contributed by atoms with Crippen molar-refractivity contribution in [3.8, 4) is 5.75 Å².